The monoisotopic (exact) mass is 400 g/mol. The zero-order chi connectivity index (χ0) is 18.7. The molecule has 0 aromatic carbocycles. The van der Waals surface area contributed by atoms with Crippen molar-refractivity contribution in [2.24, 2.45) is 0 Å². The van der Waals surface area contributed by atoms with Gasteiger partial charge in [0.2, 0.25) is 10.0 Å². The quantitative estimate of drug-likeness (QED) is 0.834. The number of amides is 1. The van der Waals surface area contributed by atoms with Crippen molar-refractivity contribution < 1.29 is 13.2 Å². The van der Waals surface area contributed by atoms with E-state index in [0.29, 0.717) is 42.3 Å². The van der Waals surface area contributed by atoms with Crippen LogP contribution in [0.4, 0.5) is 5.82 Å². The topological polar surface area (TPSA) is 82.6 Å². The number of pyridine rings is 1. The molecule has 1 N–H and O–H groups in total. The second-order valence-corrected chi connectivity index (χ2v) is 9.22. The summed E-state index contributed by atoms with van der Waals surface area (Å²) in [6.45, 7) is 2.91. The molecule has 0 atom stereocenters. The van der Waals surface area contributed by atoms with Crippen LogP contribution in [0.5, 0.6) is 0 Å². The Kier molecular flexibility index (Phi) is 6.04. The molecular weight excluding hydrogens is 376 g/mol. The Morgan fingerprint density at radius 1 is 1.19 bits per heavy atom. The van der Waals surface area contributed by atoms with Gasteiger partial charge in [-0.15, -0.1) is 0 Å². The standard InChI is InChI=1S/C17H25ClN4O3S/c1-26(24,25)20-14-5-9-21(10-6-14)16-15(18)11-13(12-19-16)17(23)22-7-3-2-4-8-22/h11-12,14,20H,2-10H2,1H3. The van der Waals surface area contributed by atoms with Crippen LogP contribution in [-0.2, 0) is 10.0 Å². The van der Waals surface area contributed by atoms with E-state index in [4.69, 9.17) is 11.6 Å². The molecule has 0 saturated carbocycles. The van der Waals surface area contributed by atoms with Crippen molar-refractivity contribution in [1.82, 2.24) is 14.6 Å². The SMILES string of the molecule is CS(=O)(=O)NC1CCN(c2ncc(C(=O)N3CCCCC3)cc2Cl)CC1. The first kappa shape index (κ1) is 19.4. The van der Waals surface area contributed by atoms with Crippen LogP contribution in [0.15, 0.2) is 12.3 Å². The number of nitrogens with one attached hydrogen (secondary N) is 1. The summed E-state index contributed by atoms with van der Waals surface area (Å²) in [7, 11) is -3.19. The third kappa shape index (κ3) is 4.86. The van der Waals surface area contributed by atoms with E-state index in [0.717, 1.165) is 25.9 Å². The van der Waals surface area contributed by atoms with Gasteiger partial charge in [-0.05, 0) is 38.2 Å². The van der Waals surface area contributed by atoms with Crippen LogP contribution in [0.2, 0.25) is 5.02 Å². The van der Waals surface area contributed by atoms with E-state index in [-0.39, 0.29) is 11.9 Å². The van der Waals surface area contributed by atoms with Crippen LogP contribution in [0, 0.1) is 0 Å². The number of sulfonamides is 1. The van der Waals surface area contributed by atoms with Crippen LogP contribution in [-0.4, -0.2) is 62.7 Å². The van der Waals surface area contributed by atoms with Crippen LogP contribution >= 0.6 is 11.6 Å². The molecule has 7 nitrogen and oxygen atoms in total. The molecular formula is C17H25ClN4O3S. The zero-order valence-electron chi connectivity index (χ0n) is 14.9. The summed E-state index contributed by atoms with van der Waals surface area (Å²) in [6, 6.07) is 1.64. The van der Waals surface area contributed by atoms with E-state index in [2.05, 4.69) is 9.71 Å². The van der Waals surface area contributed by atoms with E-state index in [9.17, 15) is 13.2 Å². The lowest BCUT2D eigenvalue weighted by molar-refractivity contribution is 0.0724. The van der Waals surface area contributed by atoms with Gasteiger partial charge < -0.3 is 9.80 Å². The lowest BCUT2D eigenvalue weighted by Crippen LogP contribution is -2.44. The van der Waals surface area contributed by atoms with Crippen molar-refractivity contribution in [2.45, 2.75) is 38.1 Å². The van der Waals surface area contributed by atoms with Crippen molar-refractivity contribution in [2.75, 3.05) is 37.3 Å². The number of likely N-dealkylation sites (tertiary alicyclic amines) is 1. The van der Waals surface area contributed by atoms with Gasteiger partial charge in [0, 0.05) is 38.4 Å². The molecule has 2 saturated heterocycles. The highest BCUT2D eigenvalue weighted by atomic mass is 35.5. The van der Waals surface area contributed by atoms with E-state index >= 15 is 0 Å². The highest BCUT2D eigenvalue weighted by Gasteiger charge is 2.25. The lowest BCUT2D eigenvalue weighted by Gasteiger charge is -2.33. The summed E-state index contributed by atoms with van der Waals surface area (Å²) in [5.41, 5.74) is 0.522. The summed E-state index contributed by atoms with van der Waals surface area (Å²) in [6.07, 6.45) is 7.42. The molecule has 2 aliphatic heterocycles. The summed E-state index contributed by atoms with van der Waals surface area (Å²) < 4.78 is 25.3. The average molecular weight is 401 g/mol. The number of hydrogen-bond acceptors (Lipinski definition) is 5. The van der Waals surface area contributed by atoms with Crippen molar-refractivity contribution in [1.29, 1.82) is 0 Å². The first-order valence-electron chi connectivity index (χ1n) is 9.00. The molecule has 0 unspecified atom stereocenters. The van der Waals surface area contributed by atoms with Gasteiger partial charge in [-0.25, -0.2) is 18.1 Å². The Morgan fingerprint density at radius 2 is 1.85 bits per heavy atom. The van der Waals surface area contributed by atoms with Crippen LogP contribution < -0.4 is 9.62 Å². The number of nitrogens with zero attached hydrogens (tertiary/aromatic N) is 3. The van der Waals surface area contributed by atoms with Gasteiger partial charge >= 0.3 is 0 Å². The van der Waals surface area contributed by atoms with Gasteiger partial charge in [0.05, 0.1) is 16.8 Å². The largest absolute Gasteiger partial charge is 0.355 e. The van der Waals surface area contributed by atoms with E-state index in [1.165, 1.54) is 12.7 Å². The van der Waals surface area contributed by atoms with E-state index < -0.39 is 10.0 Å². The summed E-state index contributed by atoms with van der Waals surface area (Å²) >= 11 is 6.40. The van der Waals surface area contributed by atoms with Crippen molar-refractivity contribution in [3.8, 4) is 0 Å². The maximum Gasteiger partial charge on any atom is 0.255 e. The minimum Gasteiger partial charge on any atom is -0.355 e. The summed E-state index contributed by atoms with van der Waals surface area (Å²) in [4.78, 5) is 20.9. The minimum atomic E-state index is -3.19. The Labute approximate surface area is 159 Å². The molecule has 0 radical (unpaired) electrons. The first-order valence-corrected chi connectivity index (χ1v) is 11.3. The highest BCUT2D eigenvalue weighted by molar-refractivity contribution is 7.88. The van der Waals surface area contributed by atoms with Gasteiger partial charge in [-0.2, -0.15) is 0 Å². The van der Waals surface area contributed by atoms with Gasteiger partial charge in [0.15, 0.2) is 0 Å². The number of piperidine rings is 2. The fraction of sp³-hybridized carbons (Fsp3) is 0.647. The molecule has 3 heterocycles. The molecule has 1 amide bonds. The number of hydrogen-bond donors (Lipinski definition) is 1. The predicted octanol–water partition coefficient (Wildman–Crippen LogP) is 1.88. The maximum absolute atomic E-state index is 12.6. The normalized spacial score (nSPS) is 19.6. The van der Waals surface area contributed by atoms with E-state index in [1.807, 2.05) is 9.80 Å². The number of carbonyl (C=O) groups is 1. The summed E-state index contributed by atoms with van der Waals surface area (Å²) in [5, 5.41) is 0.461. The highest BCUT2D eigenvalue weighted by Crippen LogP contribution is 2.27. The number of halogens is 1. The molecule has 2 fully saturated rings. The molecule has 0 bridgehead atoms. The minimum absolute atomic E-state index is 0.0123. The van der Waals surface area contributed by atoms with Crippen LogP contribution in [0.3, 0.4) is 0 Å². The molecule has 0 spiro atoms. The molecule has 144 valence electrons. The molecule has 3 rings (SSSR count). The molecule has 1 aromatic rings. The smallest absolute Gasteiger partial charge is 0.255 e. The molecule has 1 aromatic heterocycles. The summed E-state index contributed by atoms with van der Waals surface area (Å²) in [5.74, 6) is 0.640. The van der Waals surface area contributed by atoms with Gasteiger partial charge in [-0.3, -0.25) is 4.79 Å². The van der Waals surface area contributed by atoms with Crippen molar-refractivity contribution in [3.63, 3.8) is 0 Å². The zero-order valence-corrected chi connectivity index (χ0v) is 16.5. The molecule has 0 aliphatic carbocycles. The van der Waals surface area contributed by atoms with Gasteiger partial charge in [0.25, 0.3) is 5.91 Å². The van der Waals surface area contributed by atoms with Crippen molar-refractivity contribution in [3.05, 3.63) is 22.8 Å². The first-order chi connectivity index (χ1) is 12.3. The maximum atomic E-state index is 12.6. The number of rotatable bonds is 4. The van der Waals surface area contributed by atoms with Crippen molar-refractivity contribution >= 4 is 33.3 Å². The molecule has 2 aliphatic rings. The Morgan fingerprint density at radius 3 is 2.42 bits per heavy atom. The number of aromatic nitrogens is 1. The second-order valence-electron chi connectivity index (χ2n) is 7.03. The number of anilines is 1. The van der Waals surface area contributed by atoms with Crippen LogP contribution in [0.1, 0.15) is 42.5 Å². The Bertz CT molecular complexity index is 757. The fourth-order valence-electron chi connectivity index (χ4n) is 3.57. The Balaban J connectivity index is 1.64. The fourth-order valence-corrected chi connectivity index (χ4v) is 4.70. The van der Waals surface area contributed by atoms with Gasteiger partial charge in [0.1, 0.15) is 5.82 Å². The predicted molar refractivity (Wildman–Crippen MR) is 102 cm³/mol. The van der Waals surface area contributed by atoms with E-state index in [1.54, 1.807) is 12.3 Å². The third-order valence-corrected chi connectivity index (χ3v) is 5.93. The van der Waals surface area contributed by atoms with Crippen LogP contribution in [0.25, 0.3) is 0 Å². The third-order valence-electron chi connectivity index (χ3n) is 4.89. The molecule has 9 heteroatoms. The number of carbonyl (C=O) groups excluding carboxylic acids is 1. The molecule has 26 heavy (non-hydrogen) atoms. The average Bonchev–Trinajstić information content (AvgIpc) is 2.61. The lowest BCUT2D eigenvalue weighted by atomic mass is 10.1. The van der Waals surface area contributed by atoms with Gasteiger partial charge in [-0.1, -0.05) is 11.6 Å². The Hall–Kier alpha value is -1.38. The second kappa shape index (κ2) is 8.10.